The highest BCUT2D eigenvalue weighted by Crippen LogP contribution is 2.00. The van der Waals surface area contributed by atoms with Crippen LogP contribution in [0.2, 0.25) is 0 Å². The molecule has 1 saturated heterocycles. The maximum atomic E-state index is 11.8. The van der Waals surface area contributed by atoms with Crippen LogP contribution in [0.5, 0.6) is 0 Å². The Kier molecular flexibility index (Phi) is 5.49. The lowest BCUT2D eigenvalue weighted by Gasteiger charge is -2.31. The average Bonchev–Trinajstić information content (AvgIpc) is 2.28. The van der Waals surface area contributed by atoms with Crippen molar-refractivity contribution in [3.8, 4) is 0 Å². The first-order valence-corrected chi connectivity index (χ1v) is 5.97. The van der Waals surface area contributed by atoms with E-state index in [-0.39, 0.29) is 11.9 Å². The fourth-order valence-corrected chi connectivity index (χ4v) is 1.74. The molecule has 92 valence electrons. The third kappa shape index (κ3) is 4.33. The summed E-state index contributed by atoms with van der Waals surface area (Å²) in [5.41, 5.74) is 1.23. The van der Waals surface area contributed by atoms with Gasteiger partial charge < -0.3 is 10.6 Å². The van der Waals surface area contributed by atoms with Gasteiger partial charge in [-0.3, -0.25) is 9.69 Å². The van der Waals surface area contributed by atoms with Gasteiger partial charge in [-0.1, -0.05) is 11.6 Å². The van der Waals surface area contributed by atoms with Crippen LogP contribution in [-0.2, 0) is 4.79 Å². The topological polar surface area (TPSA) is 44.4 Å². The third-order valence-electron chi connectivity index (χ3n) is 2.87. The van der Waals surface area contributed by atoms with Gasteiger partial charge in [0.2, 0.25) is 5.91 Å². The van der Waals surface area contributed by atoms with Gasteiger partial charge in [-0.25, -0.2) is 0 Å². The number of nitrogens with zero attached hydrogens (tertiary/aromatic N) is 1. The number of hydrogen-bond acceptors (Lipinski definition) is 3. The smallest absolute Gasteiger partial charge is 0.237 e. The van der Waals surface area contributed by atoms with Crippen LogP contribution in [-0.4, -0.2) is 49.6 Å². The molecule has 1 rings (SSSR count). The zero-order valence-corrected chi connectivity index (χ0v) is 10.5. The van der Waals surface area contributed by atoms with Crippen LogP contribution in [0, 0.1) is 0 Å². The van der Waals surface area contributed by atoms with E-state index in [0.717, 1.165) is 26.2 Å². The fourth-order valence-electron chi connectivity index (χ4n) is 1.74. The summed E-state index contributed by atoms with van der Waals surface area (Å²) in [7, 11) is 0. The lowest BCUT2D eigenvalue weighted by molar-refractivity contribution is -0.125. The van der Waals surface area contributed by atoms with Crippen LogP contribution in [0.25, 0.3) is 0 Å². The second-order valence-electron chi connectivity index (χ2n) is 4.49. The predicted octanol–water partition coefficient (Wildman–Crippen LogP) is 0.363. The highest BCUT2D eigenvalue weighted by Gasteiger charge is 2.21. The molecule has 1 unspecified atom stereocenters. The van der Waals surface area contributed by atoms with Crippen LogP contribution in [0.1, 0.15) is 20.8 Å². The van der Waals surface area contributed by atoms with E-state index in [1.54, 1.807) is 0 Å². The molecular formula is C12H23N3O. The summed E-state index contributed by atoms with van der Waals surface area (Å²) < 4.78 is 0. The molecule has 0 aromatic heterocycles. The molecule has 0 bridgehead atoms. The Hall–Kier alpha value is -0.870. The monoisotopic (exact) mass is 225 g/mol. The summed E-state index contributed by atoms with van der Waals surface area (Å²) in [5, 5.41) is 6.22. The van der Waals surface area contributed by atoms with Crippen LogP contribution in [0.3, 0.4) is 0 Å². The molecule has 16 heavy (non-hydrogen) atoms. The summed E-state index contributed by atoms with van der Waals surface area (Å²) >= 11 is 0. The number of allylic oxidation sites excluding steroid dienone is 1. The first kappa shape index (κ1) is 13.2. The van der Waals surface area contributed by atoms with Gasteiger partial charge in [-0.2, -0.15) is 0 Å². The van der Waals surface area contributed by atoms with Crippen LogP contribution < -0.4 is 10.6 Å². The first-order chi connectivity index (χ1) is 7.61. The van der Waals surface area contributed by atoms with Crippen molar-refractivity contribution >= 4 is 5.91 Å². The number of amides is 1. The van der Waals surface area contributed by atoms with E-state index in [9.17, 15) is 4.79 Å². The number of carbonyl (C=O) groups is 1. The average molecular weight is 225 g/mol. The minimum atomic E-state index is -0.0207. The molecule has 0 aromatic rings. The fraction of sp³-hybridized carbons (Fsp3) is 0.750. The summed E-state index contributed by atoms with van der Waals surface area (Å²) in [5.74, 6) is 0.124. The highest BCUT2D eigenvalue weighted by atomic mass is 16.2. The van der Waals surface area contributed by atoms with Gasteiger partial charge in [0.1, 0.15) is 0 Å². The maximum Gasteiger partial charge on any atom is 0.237 e. The molecule has 1 heterocycles. The third-order valence-corrected chi connectivity index (χ3v) is 2.87. The molecule has 4 nitrogen and oxygen atoms in total. The van der Waals surface area contributed by atoms with Crippen molar-refractivity contribution in [2.75, 3.05) is 32.7 Å². The van der Waals surface area contributed by atoms with Crippen molar-refractivity contribution in [3.63, 3.8) is 0 Å². The standard InChI is InChI=1S/C12H23N3O/c1-10(2)4-5-14-12(16)11(3)15-8-6-13-7-9-15/h4,11,13H,5-9H2,1-3H3,(H,14,16). The largest absolute Gasteiger partial charge is 0.351 e. The van der Waals surface area contributed by atoms with Crippen molar-refractivity contribution in [2.45, 2.75) is 26.8 Å². The Morgan fingerprint density at radius 1 is 1.44 bits per heavy atom. The van der Waals surface area contributed by atoms with Crippen molar-refractivity contribution < 1.29 is 4.79 Å². The summed E-state index contributed by atoms with van der Waals surface area (Å²) in [6.45, 7) is 10.5. The zero-order valence-electron chi connectivity index (χ0n) is 10.5. The van der Waals surface area contributed by atoms with Gasteiger partial charge in [-0.05, 0) is 20.8 Å². The Morgan fingerprint density at radius 3 is 2.62 bits per heavy atom. The summed E-state index contributed by atoms with van der Waals surface area (Å²) in [6.07, 6.45) is 2.03. The second kappa shape index (κ2) is 6.66. The van der Waals surface area contributed by atoms with Gasteiger partial charge >= 0.3 is 0 Å². The molecule has 0 saturated carbocycles. The molecule has 0 radical (unpaired) electrons. The van der Waals surface area contributed by atoms with Gasteiger partial charge in [0.05, 0.1) is 6.04 Å². The molecule has 1 atom stereocenters. The lowest BCUT2D eigenvalue weighted by Crippen LogP contribution is -2.52. The normalized spacial score (nSPS) is 18.9. The van der Waals surface area contributed by atoms with Gasteiger partial charge in [0, 0.05) is 32.7 Å². The zero-order chi connectivity index (χ0) is 12.0. The molecule has 1 amide bonds. The SMILES string of the molecule is CC(C)=CCNC(=O)C(C)N1CCNCC1. The molecule has 2 N–H and O–H groups in total. The summed E-state index contributed by atoms with van der Waals surface area (Å²) in [4.78, 5) is 14.0. The molecule has 0 aliphatic carbocycles. The van der Waals surface area contributed by atoms with Gasteiger partial charge in [0.15, 0.2) is 0 Å². The van der Waals surface area contributed by atoms with Crippen LogP contribution >= 0.6 is 0 Å². The number of hydrogen-bond donors (Lipinski definition) is 2. The minimum Gasteiger partial charge on any atom is -0.351 e. The Labute approximate surface area is 98.1 Å². The molecule has 0 spiro atoms. The number of piperazine rings is 1. The summed E-state index contributed by atoms with van der Waals surface area (Å²) in [6, 6.07) is -0.0207. The van der Waals surface area contributed by atoms with E-state index in [2.05, 4.69) is 15.5 Å². The maximum absolute atomic E-state index is 11.8. The number of carbonyl (C=O) groups excluding carboxylic acids is 1. The van der Waals surface area contributed by atoms with Crippen LogP contribution in [0.4, 0.5) is 0 Å². The van der Waals surface area contributed by atoms with Gasteiger partial charge in [0.25, 0.3) is 0 Å². The predicted molar refractivity (Wildman–Crippen MR) is 66.3 cm³/mol. The van der Waals surface area contributed by atoms with E-state index in [4.69, 9.17) is 0 Å². The lowest BCUT2D eigenvalue weighted by atomic mass is 10.2. The molecule has 1 fully saturated rings. The molecule has 0 aromatic carbocycles. The van der Waals surface area contributed by atoms with E-state index in [1.165, 1.54) is 5.57 Å². The Balaban J connectivity index is 2.31. The van der Waals surface area contributed by atoms with Crippen molar-refractivity contribution in [1.29, 1.82) is 0 Å². The Morgan fingerprint density at radius 2 is 2.06 bits per heavy atom. The van der Waals surface area contributed by atoms with Crippen LogP contribution in [0.15, 0.2) is 11.6 Å². The quantitative estimate of drug-likeness (QED) is 0.679. The molecule has 4 heteroatoms. The van der Waals surface area contributed by atoms with E-state index in [0.29, 0.717) is 6.54 Å². The van der Waals surface area contributed by atoms with E-state index in [1.807, 2.05) is 26.8 Å². The number of rotatable bonds is 4. The van der Waals surface area contributed by atoms with Crippen molar-refractivity contribution in [3.05, 3.63) is 11.6 Å². The first-order valence-electron chi connectivity index (χ1n) is 5.97. The highest BCUT2D eigenvalue weighted by molar-refractivity contribution is 5.81. The van der Waals surface area contributed by atoms with Crippen molar-refractivity contribution in [1.82, 2.24) is 15.5 Å². The molecular weight excluding hydrogens is 202 g/mol. The number of nitrogens with one attached hydrogen (secondary N) is 2. The van der Waals surface area contributed by atoms with E-state index >= 15 is 0 Å². The van der Waals surface area contributed by atoms with Gasteiger partial charge in [-0.15, -0.1) is 0 Å². The molecule has 1 aliphatic heterocycles. The Bertz CT molecular complexity index is 253. The minimum absolute atomic E-state index is 0.0207. The molecule has 1 aliphatic rings. The van der Waals surface area contributed by atoms with E-state index < -0.39 is 0 Å². The second-order valence-corrected chi connectivity index (χ2v) is 4.49. The van der Waals surface area contributed by atoms with Crippen molar-refractivity contribution in [2.24, 2.45) is 0 Å².